The second kappa shape index (κ2) is 7.60. The zero-order valence-electron chi connectivity index (χ0n) is 14.8. The van der Waals surface area contributed by atoms with Gasteiger partial charge in [0.15, 0.2) is 0 Å². The molecule has 1 unspecified atom stereocenters. The highest BCUT2D eigenvalue weighted by Gasteiger charge is 2.34. The number of carbonyl (C=O) groups is 1. The molecule has 1 fully saturated rings. The van der Waals surface area contributed by atoms with E-state index in [0.29, 0.717) is 41.5 Å². The van der Waals surface area contributed by atoms with Crippen molar-refractivity contribution in [1.82, 2.24) is 15.1 Å². The molecule has 1 N–H and O–H groups in total. The standard InChI is InChI=1S/C19H18ClF3IN3O/c20-14-3-1-2-12(10-4-5-10)16(14)18(28)27-15-8-11(25-9-19(21,22)23)6-7-13(15)17(24)26-27/h1-3,10-11,25H,4-9H2. The number of benzene rings is 1. The van der Waals surface area contributed by atoms with Gasteiger partial charge >= 0.3 is 6.18 Å². The smallest absolute Gasteiger partial charge is 0.306 e. The summed E-state index contributed by atoms with van der Waals surface area (Å²) >= 11 is 8.45. The van der Waals surface area contributed by atoms with Crippen molar-refractivity contribution in [2.75, 3.05) is 6.54 Å². The van der Waals surface area contributed by atoms with Crippen LogP contribution in [0.3, 0.4) is 0 Å². The summed E-state index contributed by atoms with van der Waals surface area (Å²) in [6.07, 6.45) is -0.706. The van der Waals surface area contributed by atoms with Gasteiger partial charge in [0.05, 0.1) is 22.8 Å². The SMILES string of the molecule is O=C(c1c(Cl)cccc1C1CC1)n1nc(I)c2c1CC(NCC(F)(F)F)CC2. The van der Waals surface area contributed by atoms with Crippen LogP contribution in [0.1, 0.15) is 52.4 Å². The molecular formula is C19H18ClF3IN3O. The van der Waals surface area contributed by atoms with Crippen LogP contribution in [-0.2, 0) is 12.8 Å². The topological polar surface area (TPSA) is 46.9 Å². The van der Waals surface area contributed by atoms with E-state index < -0.39 is 12.7 Å². The maximum absolute atomic E-state index is 13.3. The monoisotopic (exact) mass is 523 g/mol. The quantitative estimate of drug-likeness (QED) is 0.590. The minimum Gasteiger partial charge on any atom is -0.306 e. The van der Waals surface area contributed by atoms with E-state index in [2.05, 4.69) is 33.0 Å². The summed E-state index contributed by atoms with van der Waals surface area (Å²) in [5.74, 6) is 0.0347. The molecule has 0 spiro atoms. The second-order valence-corrected chi connectivity index (χ2v) is 8.78. The molecule has 0 amide bonds. The van der Waals surface area contributed by atoms with E-state index in [0.717, 1.165) is 27.7 Å². The maximum Gasteiger partial charge on any atom is 0.401 e. The molecule has 0 aliphatic heterocycles. The van der Waals surface area contributed by atoms with Crippen molar-refractivity contribution in [2.24, 2.45) is 0 Å². The third-order valence-corrected chi connectivity index (χ3v) is 6.47. The highest BCUT2D eigenvalue weighted by Crippen LogP contribution is 2.43. The molecular weight excluding hydrogens is 506 g/mol. The van der Waals surface area contributed by atoms with Crippen LogP contribution in [0.15, 0.2) is 18.2 Å². The Labute approximate surface area is 179 Å². The second-order valence-electron chi connectivity index (χ2n) is 7.35. The summed E-state index contributed by atoms with van der Waals surface area (Å²) in [5, 5.41) is 7.37. The van der Waals surface area contributed by atoms with Gasteiger partial charge in [-0.05, 0) is 65.8 Å². The largest absolute Gasteiger partial charge is 0.401 e. The van der Waals surface area contributed by atoms with E-state index in [-0.39, 0.29) is 11.9 Å². The van der Waals surface area contributed by atoms with Crippen LogP contribution in [0.25, 0.3) is 0 Å². The Kier molecular flexibility index (Phi) is 5.47. The van der Waals surface area contributed by atoms with E-state index >= 15 is 0 Å². The van der Waals surface area contributed by atoms with Crippen molar-refractivity contribution in [1.29, 1.82) is 0 Å². The summed E-state index contributed by atoms with van der Waals surface area (Å²) in [4.78, 5) is 13.3. The van der Waals surface area contributed by atoms with Gasteiger partial charge in [0, 0.05) is 18.0 Å². The van der Waals surface area contributed by atoms with Crippen molar-refractivity contribution in [3.8, 4) is 0 Å². The molecule has 1 aromatic heterocycles. The third-order valence-electron chi connectivity index (χ3n) is 5.28. The lowest BCUT2D eigenvalue weighted by Crippen LogP contribution is -2.41. The summed E-state index contributed by atoms with van der Waals surface area (Å²) < 4.78 is 39.8. The number of nitrogens with zero attached hydrogens (tertiary/aromatic N) is 2. The van der Waals surface area contributed by atoms with Gasteiger partial charge in [0.25, 0.3) is 5.91 Å². The van der Waals surface area contributed by atoms with E-state index in [4.69, 9.17) is 11.6 Å². The normalized spacial score (nSPS) is 19.5. The molecule has 4 rings (SSSR count). The van der Waals surface area contributed by atoms with Crippen molar-refractivity contribution < 1.29 is 18.0 Å². The number of hydrogen-bond donors (Lipinski definition) is 1. The summed E-state index contributed by atoms with van der Waals surface area (Å²) in [6.45, 7) is -1.04. The first-order valence-corrected chi connectivity index (χ1v) is 10.6. The first-order chi connectivity index (χ1) is 13.2. The van der Waals surface area contributed by atoms with Crippen molar-refractivity contribution in [3.05, 3.63) is 49.3 Å². The third kappa shape index (κ3) is 4.09. The minimum atomic E-state index is -4.26. The molecule has 4 nitrogen and oxygen atoms in total. The molecule has 28 heavy (non-hydrogen) atoms. The molecule has 1 saturated carbocycles. The lowest BCUT2D eigenvalue weighted by atomic mass is 9.93. The van der Waals surface area contributed by atoms with E-state index in [1.807, 2.05) is 12.1 Å². The molecule has 2 aliphatic rings. The molecule has 150 valence electrons. The van der Waals surface area contributed by atoms with Gasteiger partial charge in [-0.1, -0.05) is 23.7 Å². The van der Waals surface area contributed by atoms with E-state index in [1.54, 1.807) is 6.07 Å². The Morgan fingerprint density at radius 3 is 2.75 bits per heavy atom. The van der Waals surface area contributed by atoms with Crippen LogP contribution < -0.4 is 5.32 Å². The number of hydrogen-bond acceptors (Lipinski definition) is 3. The van der Waals surface area contributed by atoms with Gasteiger partial charge in [0.1, 0.15) is 3.70 Å². The first-order valence-electron chi connectivity index (χ1n) is 9.14. The molecule has 0 saturated heterocycles. The maximum atomic E-state index is 13.3. The van der Waals surface area contributed by atoms with Crippen LogP contribution >= 0.6 is 34.2 Å². The zero-order valence-corrected chi connectivity index (χ0v) is 17.7. The summed E-state index contributed by atoms with van der Waals surface area (Å²) in [5.41, 5.74) is 3.01. The lowest BCUT2D eigenvalue weighted by molar-refractivity contribution is -0.126. The number of aromatic nitrogens is 2. The fourth-order valence-electron chi connectivity index (χ4n) is 3.78. The molecule has 1 heterocycles. The first kappa shape index (κ1) is 20.2. The summed E-state index contributed by atoms with van der Waals surface area (Å²) in [6, 6.07) is 5.11. The van der Waals surface area contributed by atoms with Crippen LogP contribution in [0, 0.1) is 3.70 Å². The van der Waals surface area contributed by atoms with Crippen molar-refractivity contribution in [2.45, 2.75) is 50.2 Å². The van der Waals surface area contributed by atoms with E-state index in [1.165, 1.54) is 4.68 Å². The molecule has 2 aliphatic carbocycles. The molecule has 0 bridgehead atoms. The Morgan fingerprint density at radius 2 is 2.07 bits per heavy atom. The molecule has 0 radical (unpaired) electrons. The number of alkyl halides is 3. The van der Waals surface area contributed by atoms with Gasteiger partial charge in [-0.25, -0.2) is 0 Å². The van der Waals surface area contributed by atoms with Gasteiger partial charge in [-0.2, -0.15) is 23.0 Å². The van der Waals surface area contributed by atoms with Gasteiger partial charge < -0.3 is 5.32 Å². The van der Waals surface area contributed by atoms with Gasteiger partial charge in [0.2, 0.25) is 0 Å². The Morgan fingerprint density at radius 1 is 1.32 bits per heavy atom. The van der Waals surface area contributed by atoms with Crippen LogP contribution in [0.4, 0.5) is 13.2 Å². The fraction of sp³-hybridized carbons (Fsp3) is 0.474. The molecule has 9 heteroatoms. The summed E-state index contributed by atoms with van der Waals surface area (Å²) in [7, 11) is 0. The highest BCUT2D eigenvalue weighted by molar-refractivity contribution is 14.1. The Bertz CT molecular complexity index is 924. The molecule has 1 atom stereocenters. The predicted molar refractivity (Wildman–Crippen MR) is 108 cm³/mol. The lowest BCUT2D eigenvalue weighted by Gasteiger charge is -2.25. The average Bonchev–Trinajstić information content (AvgIpc) is 3.43. The molecule has 2 aromatic rings. The average molecular weight is 524 g/mol. The number of fused-ring (bicyclic) bond motifs is 1. The van der Waals surface area contributed by atoms with E-state index in [9.17, 15) is 18.0 Å². The number of halogens is 5. The van der Waals surface area contributed by atoms with Crippen LogP contribution in [0.2, 0.25) is 5.02 Å². The Hall–Kier alpha value is -1.13. The van der Waals surface area contributed by atoms with Crippen molar-refractivity contribution >= 4 is 40.1 Å². The number of nitrogens with one attached hydrogen (secondary N) is 1. The fourth-order valence-corrected chi connectivity index (χ4v) is 4.84. The highest BCUT2D eigenvalue weighted by atomic mass is 127. The number of carbonyl (C=O) groups excluding carboxylic acids is 1. The van der Waals surface area contributed by atoms with Crippen LogP contribution in [-0.4, -0.2) is 34.5 Å². The minimum absolute atomic E-state index is 0.303. The van der Waals surface area contributed by atoms with Gasteiger partial charge in [-0.3, -0.25) is 4.79 Å². The predicted octanol–water partition coefficient (Wildman–Crippen LogP) is 4.72. The molecule has 1 aromatic carbocycles. The van der Waals surface area contributed by atoms with Crippen LogP contribution in [0.5, 0.6) is 0 Å². The number of rotatable bonds is 4. The van der Waals surface area contributed by atoms with Gasteiger partial charge in [-0.15, -0.1) is 0 Å². The zero-order chi connectivity index (χ0) is 20.1. The Balaban J connectivity index is 1.65. The van der Waals surface area contributed by atoms with Crippen molar-refractivity contribution in [3.63, 3.8) is 0 Å².